The van der Waals surface area contributed by atoms with Gasteiger partial charge in [0.05, 0.1) is 0 Å². The molecule has 3 heteroatoms. The van der Waals surface area contributed by atoms with E-state index in [0.717, 1.165) is 17.1 Å². The predicted octanol–water partition coefficient (Wildman–Crippen LogP) is 12.4. The van der Waals surface area contributed by atoms with Gasteiger partial charge in [0.15, 0.2) is 0 Å². The van der Waals surface area contributed by atoms with Crippen LogP contribution < -0.4 is 4.90 Å². The van der Waals surface area contributed by atoms with Crippen molar-refractivity contribution in [3.05, 3.63) is 182 Å². The number of rotatable bonds is 5. The van der Waals surface area contributed by atoms with Gasteiger partial charge in [-0.05, 0) is 0 Å². The first-order valence-electron chi connectivity index (χ1n) is 16.7. The molecular formula is C46H30N2Se. The predicted molar refractivity (Wildman–Crippen MR) is 210 cm³/mol. The topological polar surface area (TPSA) is 8.17 Å². The van der Waals surface area contributed by atoms with Crippen LogP contribution in [0.25, 0.3) is 68.7 Å². The Balaban J connectivity index is 1.22. The minimum atomic E-state index is 0.264. The van der Waals surface area contributed by atoms with Crippen LogP contribution in [0.1, 0.15) is 0 Å². The molecule has 0 atom stereocenters. The summed E-state index contributed by atoms with van der Waals surface area (Å²) in [5, 5.41) is 7.91. The fourth-order valence-corrected chi connectivity index (χ4v) is 10.0. The maximum absolute atomic E-state index is 2.44. The number of para-hydroxylation sites is 2. The first-order valence-corrected chi connectivity index (χ1v) is 18.4. The average molecular weight is 690 g/mol. The molecule has 10 aromatic rings. The van der Waals surface area contributed by atoms with Gasteiger partial charge in [-0.25, -0.2) is 0 Å². The Kier molecular flexibility index (Phi) is 6.55. The Morgan fingerprint density at radius 1 is 0.388 bits per heavy atom. The first kappa shape index (κ1) is 28.2. The number of aromatic nitrogens is 1. The van der Waals surface area contributed by atoms with Crippen molar-refractivity contribution in [2.45, 2.75) is 0 Å². The van der Waals surface area contributed by atoms with Crippen LogP contribution in [0.3, 0.4) is 0 Å². The summed E-state index contributed by atoms with van der Waals surface area (Å²) in [5.74, 6) is 0. The first-order chi connectivity index (χ1) is 24.3. The second-order valence-corrected chi connectivity index (χ2v) is 14.8. The molecular weight excluding hydrogens is 659 g/mol. The van der Waals surface area contributed by atoms with Gasteiger partial charge in [0, 0.05) is 0 Å². The number of fused-ring (bicyclic) bond motifs is 8. The van der Waals surface area contributed by atoms with Crippen LogP contribution in [0, 0.1) is 0 Å². The number of hydrogen-bond acceptors (Lipinski definition) is 1. The summed E-state index contributed by atoms with van der Waals surface area (Å²) in [5.41, 5.74) is 9.42. The Labute approximate surface area is 290 Å². The van der Waals surface area contributed by atoms with Crippen LogP contribution >= 0.6 is 0 Å². The van der Waals surface area contributed by atoms with Crippen LogP contribution in [0.15, 0.2) is 182 Å². The third kappa shape index (κ3) is 4.63. The molecule has 0 amide bonds. The van der Waals surface area contributed by atoms with Crippen molar-refractivity contribution in [3.63, 3.8) is 0 Å². The minimum absolute atomic E-state index is 0.264. The van der Waals surface area contributed by atoms with Gasteiger partial charge < -0.3 is 0 Å². The van der Waals surface area contributed by atoms with Crippen LogP contribution in [-0.4, -0.2) is 19.1 Å². The van der Waals surface area contributed by atoms with E-state index in [1.54, 1.807) is 0 Å². The molecule has 0 fully saturated rings. The molecule has 2 heterocycles. The fraction of sp³-hybridized carbons (Fsp3) is 0. The molecule has 0 aliphatic heterocycles. The monoisotopic (exact) mass is 690 g/mol. The van der Waals surface area contributed by atoms with E-state index in [1.807, 2.05) is 0 Å². The molecule has 0 aliphatic carbocycles. The second kappa shape index (κ2) is 11.4. The Morgan fingerprint density at radius 2 is 1.04 bits per heavy atom. The van der Waals surface area contributed by atoms with E-state index in [1.165, 1.54) is 68.7 Å². The van der Waals surface area contributed by atoms with Crippen LogP contribution in [0.2, 0.25) is 0 Å². The zero-order valence-electron chi connectivity index (χ0n) is 26.6. The van der Waals surface area contributed by atoms with E-state index in [-0.39, 0.29) is 14.5 Å². The summed E-state index contributed by atoms with van der Waals surface area (Å²) in [6.45, 7) is 0. The van der Waals surface area contributed by atoms with Gasteiger partial charge in [0.25, 0.3) is 0 Å². The quantitative estimate of drug-likeness (QED) is 0.163. The molecule has 0 unspecified atom stereocenters. The number of benzene rings is 8. The van der Waals surface area contributed by atoms with E-state index < -0.39 is 0 Å². The van der Waals surface area contributed by atoms with Crippen LogP contribution in [0.4, 0.5) is 17.1 Å². The van der Waals surface area contributed by atoms with Crippen molar-refractivity contribution < 1.29 is 0 Å². The van der Waals surface area contributed by atoms with Crippen molar-refractivity contribution in [3.8, 4) is 16.8 Å². The molecule has 0 N–H and O–H groups in total. The van der Waals surface area contributed by atoms with Gasteiger partial charge in [-0.2, -0.15) is 0 Å². The van der Waals surface area contributed by atoms with Gasteiger partial charge in [0.1, 0.15) is 0 Å². The van der Waals surface area contributed by atoms with Gasteiger partial charge >= 0.3 is 274 Å². The summed E-state index contributed by atoms with van der Waals surface area (Å²) in [7, 11) is 0. The summed E-state index contributed by atoms with van der Waals surface area (Å²) in [6, 6.07) is 66.6. The average Bonchev–Trinajstić information content (AvgIpc) is 3.71. The van der Waals surface area contributed by atoms with Gasteiger partial charge in [-0.1, -0.05) is 18.2 Å². The van der Waals surface area contributed by atoms with E-state index in [2.05, 4.69) is 191 Å². The molecule has 0 bridgehead atoms. The van der Waals surface area contributed by atoms with Gasteiger partial charge in [-0.3, -0.25) is 0 Å². The number of anilines is 3. The van der Waals surface area contributed by atoms with Gasteiger partial charge in [0.2, 0.25) is 0 Å². The zero-order chi connectivity index (χ0) is 32.3. The van der Waals surface area contributed by atoms with Crippen molar-refractivity contribution in [1.82, 2.24) is 4.57 Å². The SMILES string of the molecule is c1ccc(-c2cccc(N(c3ccc4[se]c5c6ccccc6ccc5c4c3)c3ccc4c(c3)c3ccccc3n4-c3ccccc3)c2)cc1. The van der Waals surface area contributed by atoms with Crippen molar-refractivity contribution in [2.24, 2.45) is 0 Å². The third-order valence-electron chi connectivity index (χ3n) is 9.74. The summed E-state index contributed by atoms with van der Waals surface area (Å²) in [4.78, 5) is 2.44. The standard InChI is InChI=1S/C46H30N2Se/c1-3-12-31(13-4-1)33-15-11-18-35(28-33)47(37-24-27-45-42(30-37)40-25-22-32-14-7-8-19-38(32)46(40)49-45)36-23-26-44-41(29-36)39-20-9-10-21-43(39)48(44)34-16-5-2-6-17-34/h1-30H. The number of hydrogen-bond donors (Lipinski definition) is 0. The van der Waals surface area contributed by atoms with E-state index in [0.29, 0.717) is 0 Å². The summed E-state index contributed by atoms with van der Waals surface area (Å²) < 4.78 is 5.32. The van der Waals surface area contributed by atoms with E-state index >= 15 is 0 Å². The molecule has 0 saturated carbocycles. The Bertz CT molecular complexity index is 2830. The molecule has 0 spiro atoms. The van der Waals surface area contributed by atoms with E-state index in [9.17, 15) is 0 Å². The Hall–Kier alpha value is -5.86. The molecule has 49 heavy (non-hydrogen) atoms. The van der Waals surface area contributed by atoms with Gasteiger partial charge in [-0.15, -0.1) is 0 Å². The van der Waals surface area contributed by atoms with Crippen molar-refractivity contribution in [2.75, 3.05) is 4.90 Å². The summed E-state index contributed by atoms with van der Waals surface area (Å²) >= 11 is 0.264. The zero-order valence-corrected chi connectivity index (χ0v) is 28.3. The molecule has 0 aliphatic rings. The normalized spacial score (nSPS) is 11.7. The summed E-state index contributed by atoms with van der Waals surface area (Å²) in [6.07, 6.45) is 0. The molecule has 0 saturated heterocycles. The molecule has 0 radical (unpaired) electrons. The van der Waals surface area contributed by atoms with Crippen LogP contribution in [0.5, 0.6) is 0 Å². The Morgan fingerprint density at radius 3 is 1.90 bits per heavy atom. The van der Waals surface area contributed by atoms with Crippen molar-refractivity contribution >= 4 is 83.4 Å². The third-order valence-corrected chi connectivity index (χ3v) is 12.3. The van der Waals surface area contributed by atoms with E-state index in [4.69, 9.17) is 0 Å². The van der Waals surface area contributed by atoms with Crippen LogP contribution in [-0.2, 0) is 0 Å². The molecule has 10 rings (SSSR count). The molecule has 8 aromatic carbocycles. The molecule has 2 aromatic heterocycles. The molecule has 230 valence electrons. The van der Waals surface area contributed by atoms with Crippen molar-refractivity contribution in [1.29, 1.82) is 0 Å². The maximum atomic E-state index is 2.44. The molecule has 2 nitrogen and oxygen atoms in total. The second-order valence-electron chi connectivity index (χ2n) is 12.6. The fourth-order valence-electron chi connectivity index (χ4n) is 7.49. The number of nitrogens with zero attached hydrogens (tertiary/aromatic N) is 2.